The Morgan fingerprint density at radius 2 is 2.15 bits per heavy atom. The van der Waals surface area contributed by atoms with Crippen molar-refractivity contribution in [3.63, 3.8) is 0 Å². The molecule has 0 saturated heterocycles. The largest absolute Gasteiger partial charge is 0.452 e. The second-order valence-corrected chi connectivity index (χ2v) is 5.50. The smallest absolute Gasteiger partial charge is 0.357 e. The molecule has 1 aliphatic rings. The van der Waals surface area contributed by atoms with E-state index in [0.717, 1.165) is 5.69 Å². The Bertz CT molecular complexity index is 666. The number of hydrogen-bond acceptors (Lipinski definition) is 4. The van der Waals surface area contributed by atoms with Gasteiger partial charge in [0, 0.05) is 17.1 Å². The number of nitrogens with zero attached hydrogens (tertiary/aromatic N) is 2. The van der Waals surface area contributed by atoms with Crippen LogP contribution in [0.2, 0.25) is 5.02 Å². The number of benzene rings is 1. The number of cyclic esters (lactones) is 1. The highest BCUT2D eigenvalue weighted by molar-refractivity contribution is 6.30. The molecule has 0 fully saturated rings. The van der Waals surface area contributed by atoms with Crippen molar-refractivity contribution in [1.82, 2.24) is 9.55 Å². The van der Waals surface area contributed by atoms with Crippen LogP contribution in [-0.4, -0.2) is 32.8 Å². The molecule has 0 spiro atoms. The van der Waals surface area contributed by atoms with E-state index in [0.29, 0.717) is 22.8 Å². The number of hydrogen-bond donors (Lipinski definition) is 1. The maximum atomic E-state index is 12.2. The van der Waals surface area contributed by atoms with Gasteiger partial charge < -0.3 is 9.84 Å². The third kappa shape index (κ3) is 2.09. The van der Waals surface area contributed by atoms with Crippen molar-refractivity contribution < 1.29 is 14.6 Å². The van der Waals surface area contributed by atoms with Crippen LogP contribution in [0.4, 0.5) is 0 Å². The topological polar surface area (TPSA) is 64.4 Å². The maximum absolute atomic E-state index is 12.2. The van der Waals surface area contributed by atoms with E-state index >= 15 is 0 Å². The number of ether oxygens (including phenoxy) is 1. The fourth-order valence-electron chi connectivity index (χ4n) is 2.28. The molecule has 1 aromatic carbocycles. The molecule has 1 unspecified atom stereocenters. The molecule has 0 aliphatic carbocycles. The van der Waals surface area contributed by atoms with Gasteiger partial charge in [0.15, 0.2) is 5.69 Å². The van der Waals surface area contributed by atoms with Crippen LogP contribution in [0.25, 0.3) is 5.69 Å². The predicted octanol–water partition coefficient (Wildman–Crippen LogP) is 1.99. The lowest BCUT2D eigenvalue weighted by Crippen LogP contribution is -2.42. The van der Waals surface area contributed by atoms with Crippen LogP contribution < -0.4 is 0 Å². The zero-order valence-electron chi connectivity index (χ0n) is 10.8. The lowest BCUT2D eigenvalue weighted by molar-refractivity contribution is -0.0434. The fraction of sp³-hybridized carbons (Fsp3) is 0.286. The molecular weight excluding hydrogens is 280 g/mol. The maximum Gasteiger partial charge on any atom is 0.357 e. The Balaban J connectivity index is 2.06. The van der Waals surface area contributed by atoms with Crippen LogP contribution in [0.5, 0.6) is 0 Å². The van der Waals surface area contributed by atoms with Crippen LogP contribution in [-0.2, 0) is 11.2 Å². The summed E-state index contributed by atoms with van der Waals surface area (Å²) in [5.41, 5.74) is 0.919. The van der Waals surface area contributed by atoms with Crippen LogP contribution in [0, 0.1) is 0 Å². The molecule has 1 aliphatic heterocycles. The van der Waals surface area contributed by atoms with Crippen molar-refractivity contribution in [3.05, 3.63) is 47.0 Å². The van der Waals surface area contributed by atoms with Gasteiger partial charge in [0.25, 0.3) is 0 Å². The van der Waals surface area contributed by atoms with E-state index in [4.69, 9.17) is 16.3 Å². The summed E-state index contributed by atoms with van der Waals surface area (Å²) < 4.78 is 6.99. The third-order valence-corrected chi connectivity index (χ3v) is 3.61. The molecule has 104 valence electrons. The number of aliphatic hydroxyl groups is 1. The molecule has 0 bridgehead atoms. The van der Waals surface area contributed by atoms with Crippen molar-refractivity contribution >= 4 is 17.6 Å². The SMILES string of the molecule is CC1(CO)Cc2ncn(-c3ccc(Cl)cc3)c2C(=O)O1. The van der Waals surface area contributed by atoms with Gasteiger partial charge in [-0.15, -0.1) is 0 Å². The molecule has 0 saturated carbocycles. The average Bonchev–Trinajstić information content (AvgIpc) is 2.83. The van der Waals surface area contributed by atoms with Gasteiger partial charge in [-0.05, 0) is 31.2 Å². The second kappa shape index (κ2) is 4.61. The number of rotatable bonds is 2. The molecule has 0 amide bonds. The first-order chi connectivity index (χ1) is 9.52. The minimum atomic E-state index is -0.900. The molecular formula is C14H13ClN2O3. The number of aromatic nitrogens is 2. The van der Waals surface area contributed by atoms with Crippen LogP contribution >= 0.6 is 11.6 Å². The number of esters is 1. The van der Waals surface area contributed by atoms with Crippen molar-refractivity contribution in [2.24, 2.45) is 0 Å². The van der Waals surface area contributed by atoms with Crippen molar-refractivity contribution in [2.45, 2.75) is 18.9 Å². The van der Waals surface area contributed by atoms with E-state index in [9.17, 15) is 9.90 Å². The first kappa shape index (κ1) is 13.1. The lowest BCUT2D eigenvalue weighted by Gasteiger charge is -2.31. The highest BCUT2D eigenvalue weighted by Crippen LogP contribution is 2.28. The molecule has 6 heteroatoms. The third-order valence-electron chi connectivity index (χ3n) is 3.36. The number of fused-ring (bicyclic) bond motifs is 1. The number of carbonyl (C=O) groups excluding carboxylic acids is 1. The first-order valence-electron chi connectivity index (χ1n) is 6.19. The number of halogens is 1. The Labute approximate surface area is 120 Å². The zero-order valence-corrected chi connectivity index (χ0v) is 11.6. The Kier molecular flexibility index (Phi) is 3.03. The molecule has 1 atom stereocenters. The summed E-state index contributed by atoms with van der Waals surface area (Å²) in [5, 5.41) is 9.94. The summed E-state index contributed by atoms with van der Waals surface area (Å²) in [5.74, 6) is -0.477. The van der Waals surface area contributed by atoms with Crippen molar-refractivity contribution in [2.75, 3.05) is 6.61 Å². The standard InChI is InChI=1S/C14H13ClN2O3/c1-14(7-18)6-11-12(13(19)20-14)17(8-16-11)10-4-2-9(15)3-5-10/h2-5,8,18H,6-7H2,1H3. The summed E-state index contributed by atoms with van der Waals surface area (Å²) in [6.45, 7) is 1.46. The zero-order chi connectivity index (χ0) is 14.3. The summed E-state index contributed by atoms with van der Waals surface area (Å²) in [6.07, 6.45) is 1.98. The van der Waals surface area contributed by atoms with E-state index in [1.165, 1.54) is 0 Å². The normalized spacial score (nSPS) is 21.4. The van der Waals surface area contributed by atoms with E-state index < -0.39 is 11.6 Å². The van der Waals surface area contributed by atoms with Gasteiger partial charge in [0.05, 0.1) is 12.3 Å². The fourth-order valence-corrected chi connectivity index (χ4v) is 2.40. The quantitative estimate of drug-likeness (QED) is 0.860. The van der Waals surface area contributed by atoms with E-state index in [1.807, 2.05) is 0 Å². The van der Waals surface area contributed by atoms with Gasteiger partial charge in [0.1, 0.15) is 11.9 Å². The summed E-state index contributed by atoms with van der Waals surface area (Å²) >= 11 is 5.86. The molecule has 20 heavy (non-hydrogen) atoms. The number of carbonyl (C=O) groups is 1. The average molecular weight is 293 g/mol. The monoisotopic (exact) mass is 292 g/mol. The summed E-state index contributed by atoms with van der Waals surface area (Å²) in [4.78, 5) is 16.4. The molecule has 3 rings (SSSR count). The number of aliphatic hydroxyl groups excluding tert-OH is 1. The molecule has 2 aromatic rings. The molecule has 1 aromatic heterocycles. The molecule has 0 radical (unpaired) electrons. The van der Waals surface area contributed by atoms with Gasteiger partial charge in [-0.1, -0.05) is 11.6 Å². The minimum absolute atomic E-state index is 0.230. The van der Waals surface area contributed by atoms with E-state index in [2.05, 4.69) is 4.98 Å². The Morgan fingerprint density at radius 1 is 1.45 bits per heavy atom. The Morgan fingerprint density at radius 3 is 2.80 bits per heavy atom. The molecule has 2 heterocycles. The second-order valence-electron chi connectivity index (χ2n) is 5.06. The van der Waals surface area contributed by atoms with Gasteiger partial charge >= 0.3 is 5.97 Å². The highest BCUT2D eigenvalue weighted by atomic mass is 35.5. The first-order valence-corrected chi connectivity index (χ1v) is 6.56. The van der Waals surface area contributed by atoms with Gasteiger partial charge in [-0.2, -0.15) is 0 Å². The lowest BCUT2D eigenvalue weighted by atomic mass is 9.97. The van der Waals surface area contributed by atoms with Crippen molar-refractivity contribution in [1.29, 1.82) is 0 Å². The number of imidazole rings is 1. The van der Waals surface area contributed by atoms with Gasteiger partial charge in [-0.3, -0.25) is 4.57 Å². The van der Waals surface area contributed by atoms with Crippen LogP contribution in [0.15, 0.2) is 30.6 Å². The molecule has 1 N–H and O–H groups in total. The predicted molar refractivity (Wildman–Crippen MR) is 73.2 cm³/mol. The van der Waals surface area contributed by atoms with Gasteiger partial charge in [0.2, 0.25) is 0 Å². The van der Waals surface area contributed by atoms with Crippen LogP contribution in [0.1, 0.15) is 23.1 Å². The summed E-state index contributed by atoms with van der Waals surface area (Å²) in [7, 11) is 0. The van der Waals surface area contributed by atoms with E-state index in [-0.39, 0.29) is 6.61 Å². The highest BCUT2D eigenvalue weighted by Gasteiger charge is 2.39. The van der Waals surface area contributed by atoms with Crippen LogP contribution in [0.3, 0.4) is 0 Å². The minimum Gasteiger partial charge on any atom is -0.452 e. The van der Waals surface area contributed by atoms with Gasteiger partial charge in [-0.25, -0.2) is 9.78 Å². The van der Waals surface area contributed by atoms with Crippen molar-refractivity contribution in [3.8, 4) is 5.69 Å². The molecule has 5 nitrogen and oxygen atoms in total. The summed E-state index contributed by atoms with van der Waals surface area (Å²) in [6, 6.07) is 7.10. The van der Waals surface area contributed by atoms with E-state index in [1.54, 1.807) is 42.1 Å². The Hall–Kier alpha value is -1.85.